The Labute approximate surface area is 193 Å². The SMILES string of the molecule is N[C@H]1CCCN(c2c(NC(=O)c3csc(-c4c(F)cccc4F)n3)cnc3ccccc23)C1. The number of carbonyl (C=O) groups excluding carboxylic acids is 1. The number of carbonyl (C=O) groups is 1. The van der Waals surface area contributed by atoms with E-state index in [-0.39, 0.29) is 22.3 Å². The van der Waals surface area contributed by atoms with E-state index >= 15 is 0 Å². The molecular weight excluding hydrogens is 444 g/mol. The summed E-state index contributed by atoms with van der Waals surface area (Å²) >= 11 is 1.01. The highest BCUT2D eigenvalue weighted by Crippen LogP contribution is 2.35. The number of rotatable bonds is 4. The van der Waals surface area contributed by atoms with Gasteiger partial charge >= 0.3 is 0 Å². The first kappa shape index (κ1) is 21.4. The molecule has 0 bridgehead atoms. The minimum Gasteiger partial charge on any atom is -0.368 e. The first-order chi connectivity index (χ1) is 16.0. The lowest BCUT2D eigenvalue weighted by Crippen LogP contribution is -2.43. The topological polar surface area (TPSA) is 84.1 Å². The van der Waals surface area contributed by atoms with Crippen LogP contribution < -0.4 is 16.0 Å². The summed E-state index contributed by atoms with van der Waals surface area (Å²) in [6.45, 7) is 1.49. The van der Waals surface area contributed by atoms with Crippen LogP contribution in [0.25, 0.3) is 21.5 Å². The number of pyridine rings is 1. The molecule has 2 aromatic heterocycles. The fourth-order valence-corrected chi connectivity index (χ4v) is 5.00. The average Bonchev–Trinajstić information content (AvgIpc) is 3.29. The van der Waals surface area contributed by atoms with Crippen LogP contribution in [-0.4, -0.2) is 35.0 Å². The molecule has 0 spiro atoms. The van der Waals surface area contributed by atoms with Crippen LogP contribution in [0.15, 0.2) is 54.0 Å². The number of piperidine rings is 1. The number of aromatic nitrogens is 2. The van der Waals surface area contributed by atoms with Crippen LogP contribution in [0.1, 0.15) is 23.3 Å². The second-order valence-electron chi connectivity index (χ2n) is 7.97. The first-order valence-electron chi connectivity index (χ1n) is 10.6. The van der Waals surface area contributed by atoms with Crippen LogP contribution in [-0.2, 0) is 0 Å². The van der Waals surface area contributed by atoms with E-state index in [1.165, 1.54) is 11.4 Å². The van der Waals surface area contributed by atoms with Crippen LogP contribution in [0.4, 0.5) is 20.2 Å². The Kier molecular flexibility index (Phi) is 5.74. The summed E-state index contributed by atoms with van der Waals surface area (Å²) in [6.07, 6.45) is 3.53. The number of benzene rings is 2. The maximum Gasteiger partial charge on any atom is 0.275 e. The second kappa shape index (κ2) is 8.84. The summed E-state index contributed by atoms with van der Waals surface area (Å²) in [5.41, 5.74) is 8.27. The van der Waals surface area contributed by atoms with Crippen molar-refractivity contribution in [1.82, 2.24) is 9.97 Å². The Hall–Kier alpha value is -3.43. The molecule has 5 rings (SSSR count). The highest BCUT2D eigenvalue weighted by Gasteiger charge is 2.24. The summed E-state index contributed by atoms with van der Waals surface area (Å²) in [4.78, 5) is 23.9. The first-order valence-corrected chi connectivity index (χ1v) is 11.5. The van der Waals surface area contributed by atoms with E-state index in [2.05, 4.69) is 20.2 Å². The lowest BCUT2D eigenvalue weighted by molar-refractivity contribution is 0.102. The number of thiazole rings is 1. The van der Waals surface area contributed by atoms with Gasteiger partial charge in [0.15, 0.2) is 0 Å². The van der Waals surface area contributed by atoms with Gasteiger partial charge in [-0.15, -0.1) is 11.3 Å². The molecule has 1 aliphatic rings. The molecule has 168 valence electrons. The average molecular weight is 466 g/mol. The van der Waals surface area contributed by atoms with Crippen molar-refractivity contribution >= 4 is 39.5 Å². The molecule has 9 heteroatoms. The van der Waals surface area contributed by atoms with Crippen molar-refractivity contribution in [1.29, 1.82) is 0 Å². The van der Waals surface area contributed by atoms with Crippen molar-refractivity contribution in [2.24, 2.45) is 5.73 Å². The van der Waals surface area contributed by atoms with Gasteiger partial charge in [0.25, 0.3) is 5.91 Å². The summed E-state index contributed by atoms with van der Waals surface area (Å²) in [5.74, 6) is -1.92. The number of hydrogen-bond acceptors (Lipinski definition) is 6. The Morgan fingerprint density at radius 1 is 1.15 bits per heavy atom. The zero-order valence-corrected chi connectivity index (χ0v) is 18.4. The van der Waals surface area contributed by atoms with E-state index in [0.717, 1.165) is 59.4 Å². The molecule has 2 aromatic carbocycles. The lowest BCUT2D eigenvalue weighted by Gasteiger charge is -2.34. The van der Waals surface area contributed by atoms with Gasteiger partial charge in [-0.05, 0) is 31.0 Å². The number of halogens is 2. The van der Waals surface area contributed by atoms with E-state index in [1.54, 1.807) is 6.20 Å². The van der Waals surface area contributed by atoms with Crippen molar-refractivity contribution in [3.8, 4) is 10.6 Å². The molecule has 1 amide bonds. The quantitative estimate of drug-likeness (QED) is 0.452. The molecule has 1 aliphatic heterocycles. The number of hydrogen-bond donors (Lipinski definition) is 2. The summed E-state index contributed by atoms with van der Waals surface area (Å²) in [5, 5.41) is 5.41. The third-order valence-electron chi connectivity index (χ3n) is 5.68. The van der Waals surface area contributed by atoms with E-state index in [1.807, 2.05) is 24.3 Å². The monoisotopic (exact) mass is 465 g/mol. The third-order valence-corrected chi connectivity index (χ3v) is 6.54. The predicted octanol–water partition coefficient (Wildman–Crippen LogP) is 4.82. The van der Waals surface area contributed by atoms with Gasteiger partial charge in [-0.25, -0.2) is 13.8 Å². The van der Waals surface area contributed by atoms with E-state index in [4.69, 9.17) is 5.73 Å². The molecule has 1 fully saturated rings. The van der Waals surface area contributed by atoms with Gasteiger partial charge in [-0.1, -0.05) is 24.3 Å². The standard InChI is InChI=1S/C24H21F2N5OS/c25-16-7-3-8-17(26)21(16)24-30-20(13-33-24)23(32)29-19-11-28-18-9-2-1-6-15(18)22(19)31-10-4-5-14(27)12-31/h1-3,6-9,11,13-14H,4-5,10,12,27H2,(H,29,32)/t14-/m0/s1. The van der Waals surface area contributed by atoms with Crippen molar-refractivity contribution in [2.45, 2.75) is 18.9 Å². The lowest BCUT2D eigenvalue weighted by atomic mass is 10.0. The van der Waals surface area contributed by atoms with Gasteiger partial charge in [0.2, 0.25) is 0 Å². The maximum atomic E-state index is 14.1. The summed E-state index contributed by atoms with van der Waals surface area (Å²) in [6, 6.07) is 11.4. The molecule has 4 aromatic rings. The molecule has 0 saturated carbocycles. The summed E-state index contributed by atoms with van der Waals surface area (Å²) in [7, 11) is 0. The van der Waals surface area contributed by atoms with Gasteiger partial charge in [0, 0.05) is 29.9 Å². The molecule has 0 aliphatic carbocycles. The Morgan fingerprint density at radius 3 is 2.73 bits per heavy atom. The molecule has 3 heterocycles. The largest absolute Gasteiger partial charge is 0.368 e. The highest BCUT2D eigenvalue weighted by molar-refractivity contribution is 7.13. The van der Waals surface area contributed by atoms with Crippen LogP contribution in [0, 0.1) is 11.6 Å². The smallest absolute Gasteiger partial charge is 0.275 e. The van der Waals surface area contributed by atoms with Crippen molar-refractivity contribution < 1.29 is 13.6 Å². The number of nitrogens with one attached hydrogen (secondary N) is 1. The minimum atomic E-state index is -0.723. The normalized spacial score (nSPS) is 16.2. The van der Waals surface area contributed by atoms with Gasteiger partial charge in [0.1, 0.15) is 22.3 Å². The van der Waals surface area contributed by atoms with E-state index in [9.17, 15) is 13.6 Å². The van der Waals surface area contributed by atoms with Gasteiger partial charge in [0.05, 0.1) is 28.7 Å². The van der Waals surface area contributed by atoms with Crippen LogP contribution in [0.2, 0.25) is 0 Å². The van der Waals surface area contributed by atoms with Crippen LogP contribution >= 0.6 is 11.3 Å². The fraction of sp³-hybridized carbons (Fsp3) is 0.208. The number of para-hydroxylation sites is 1. The number of anilines is 2. The number of nitrogens with two attached hydrogens (primary N) is 1. The van der Waals surface area contributed by atoms with Crippen molar-refractivity contribution in [3.63, 3.8) is 0 Å². The zero-order chi connectivity index (χ0) is 22.9. The third kappa shape index (κ3) is 4.17. The van der Waals surface area contributed by atoms with Crippen molar-refractivity contribution in [3.05, 3.63) is 71.4 Å². The number of fused-ring (bicyclic) bond motifs is 1. The predicted molar refractivity (Wildman–Crippen MR) is 127 cm³/mol. The molecule has 33 heavy (non-hydrogen) atoms. The molecule has 0 radical (unpaired) electrons. The number of amides is 1. The van der Waals surface area contributed by atoms with Gasteiger partial charge in [-0.2, -0.15) is 0 Å². The van der Waals surface area contributed by atoms with Gasteiger partial charge in [-0.3, -0.25) is 9.78 Å². The highest BCUT2D eigenvalue weighted by atomic mass is 32.1. The number of nitrogens with zero attached hydrogens (tertiary/aromatic N) is 3. The second-order valence-corrected chi connectivity index (χ2v) is 8.83. The van der Waals surface area contributed by atoms with Crippen LogP contribution in [0.3, 0.4) is 0 Å². The minimum absolute atomic E-state index is 0.0472. The molecule has 1 atom stereocenters. The maximum absolute atomic E-state index is 14.1. The molecule has 0 unspecified atom stereocenters. The Morgan fingerprint density at radius 2 is 1.94 bits per heavy atom. The zero-order valence-electron chi connectivity index (χ0n) is 17.6. The molecular formula is C24H21F2N5OS. The van der Waals surface area contributed by atoms with Crippen molar-refractivity contribution in [2.75, 3.05) is 23.3 Å². The molecule has 6 nitrogen and oxygen atoms in total. The van der Waals surface area contributed by atoms with Crippen LogP contribution in [0.5, 0.6) is 0 Å². The fourth-order valence-electron chi connectivity index (χ4n) is 4.15. The Bertz CT molecular complexity index is 1320. The van der Waals surface area contributed by atoms with E-state index in [0.29, 0.717) is 12.2 Å². The van der Waals surface area contributed by atoms with E-state index < -0.39 is 17.5 Å². The van der Waals surface area contributed by atoms with Gasteiger partial charge < -0.3 is 16.0 Å². The Balaban J connectivity index is 1.49. The summed E-state index contributed by atoms with van der Waals surface area (Å²) < 4.78 is 28.3. The molecule has 3 N–H and O–H groups in total. The molecule has 1 saturated heterocycles.